The highest BCUT2D eigenvalue weighted by Crippen LogP contribution is 2.31. The zero-order valence-corrected chi connectivity index (χ0v) is 8.96. The van der Waals surface area contributed by atoms with Gasteiger partial charge in [-0.1, -0.05) is 6.92 Å². The first-order valence-corrected chi connectivity index (χ1v) is 5.57. The van der Waals surface area contributed by atoms with E-state index in [2.05, 4.69) is 0 Å². The topological polar surface area (TPSA) is 9.23 Å². The van der Waals surface area contributed by atoms with Crippen molar-refractivity contribution in [3.05, 3.63) is 23.8 Å². The summed E-state index contributed by atoms with van der Waals surface area (Å²) in [6.07, 6.45) is 2.55. The SMILES string of the molecule is CCCOc1c(F)cc(F)cc1SC. The molecular formula is C10H12F2OS. The van der Waals surface area contributed by atoms with Gasteiger partial charge in [-0.15, -0.1) is 11.8 Å². The largest absolute Gasteiger partial charge is 0.489 e. The van der Waals surface area contributed by atoms with Crippen molar-refractivity contribution in [2.75, 3.05) is 12.9 Å². The number of hydrogen-bond donors (Lipinski definition) is 0. The van der Waals surface area contributed by atoms with Crippen molar-refractivity contribution in [3.8, 4) is 5.75 Å². The summed E-state index contributed by atoms with van der Waals surface area (Å²) in [6.45, 7) is 2.37. The highest BCUT2D eigenvalue weighted by atomic mass is 32.2. The van der Waals surface area contributed by atoms with Crippen LogP contribution in [0.5, 0.6) is 5.75 Å². The molecule has 0 radical (unpaired) electrons. The fourth-order valence-corrected chi connectivity index (χ4v) is 1.60. The summed E-state index contributed by atoms with van der Waals surface area (Å²) in [5.74, 6) is -1.06. The molecule has 0 amide bonds. The van der Waals surface area contributed by atoms with E-state index in [1.165, 1.54) is 17.8 Å². The molecule has 0 fully saturated rings. The summed E-state index contributed by atoms with van der Waals surface area (Å²) >= 11 is 1.27. The molecule has 78 valence electrons. The van der Waals surface area contributed by atoms with E-state index >= 15 is 0 Å². The molecule has 1 nitrogen and oxygen atoms in total. The molecule has 1 aromatic carbocycles. The minimum absolute atomic E-state index is 0.153. The van der Waals surface area contributed by atoms with Gasteiger partial charge in [-0.2, -0.15) is 0 Å². The van der Waals surface area contributed by atoms with Crippen LogP contribution >= 0.6 is 11.8 Å². The average molecular weight is 218 g/mol. The van der Waals surface area contributed by atoms with Crippen LogP contribution in [0.25, 0.3) is 0 Å². The molecule has 1 aromatic rings. The van der Waals surface area contributed by atoms with E-state index in [1.54, 1.807) is 6.26 Å². The maximum absolute atomic E-state index is 13.2. The Hall–Kier alpha value is -0.770. The third-order valence-electron chi connectivity index (χ3n) is 1.64. The fourth-order valence-electron chi connectivity index (χ4n) is 1.03. The van der Waals surface area contributed by atoms with Crippen LogP contribution in [0.15, 0.2) is 17.0 Å². The first kappa shape index (κ1) is 11.3. The molecule has 0 aromatic heterocycles. The van der Waals surface area contributed by atoms with Gasteiger partial charge in [0.15, 0.2) is 11.6 Å². The molecule has 1 rings (SSSR count). The second-order valence-electron chi connectivity index (χ2n) is 2.77. The standard InChI is InChI=1S/C10H12F2OS/c1-3-4-13-10-8(12)5-7(11)6-9(10)14-2/h5-6H,3-4H2,1-2H3. The Labute approximate surface area is 86.5 Å². The Morgan fingerprint density at radius 3 is 2.64 bits per heavy atom. The molecule has 0 unspecified atom stereocenters. The zero-order chi connectivity index (χ0) is 10.6. The van der Waals surface area contributed by atoms with Gasteiger partial charge in [0.25, 0.3) is 0 Å². The molecule has 0 atom stereocenters. The van der Waals surface area contributed by atoms with E-state index < -0.39 is 11.6 Å². The highest BCUT2D eigenvalue weighted by Gasteiger charge is 2.11. The maximum atomic E-state index is 13.2. The number of benzene rings is 1. The van der Waals surface area contributed by atoms with Crippen molar-refractivity contribution in [3.63, 3.8) is 0 Å². The molecule has 0 saturated heterocycles. The van der Waals surface area contributed by atoms with Crippen molar-refractivity contribution < 1.29 is 13.5 Å². The van der Waals surface area contributed by atoms with Crippen molar-refractivity contribution in [1.29, 1.82) is 0 Å². The summed E-state index contributed by atoms with van der Waals surface area (Å²) in [5.41, 5.74) is 0. The van der Waals surface area contributed by atoms with Crippen molar-refractivity contribution in [1.82, 2.24) is 0 Å². The number of thioether (sulfide) groups is 1. The lowest BCUT2D eigenvalue weighted by molar-refractivity contribution is 0.292. The highest BCUT2D eigenvalue weighted by molar-refractivity contribution is 7.98. The lowest BCUT2D eigenvalue weighted by atomic mass is 10.3. The summed E-state index contributed by atoms with van der Waals surface area (Å²) in [4.78, 5) is 0.496. The molecule has 0 aliphatic carbocycles. The van der Waals surface area contributed by atoms with Crippen LogP contribution in [0.4, 0.5) is 8.78 Å². The Bertz CT molecular complexity index is 315. The van der Waals surface area contributed by atoms with Crippen LogP contribution in [0.3, 0.4) is 0 Å². The summed E-state index contributed by atoms with van der Waals surface area (Å²) in [7, 11) is 0. The van der Waals surface area contributed by atoms with Crippen LogP contribution in [-0.2, 0) is 0 Å². The lowest BCUT2D eigenvalue weighted by Crippen LogP contribution is -1.99. The van der Waals surface area contributed by atoms with Gasteiger partial charge in [0, 0.05) is 6.07 Å². The predicted octanol–water partition coefficient (Wildman–Crippen LogP) is 3.48. The quantitative estimate of drug-likeness (QED) is 0.715. The molecule has 0 bridgehead atoms. The average Bonchev–Trinajstić information content (AvgIpc) is 2.15. The summed E-state index contributed by atoms with van der Waals surface area (Å²) in [6, 6.07) is 2.11. The third kappa shape index (κ3) is 2.61. The van der Waals surface area contributed by atoms with Crippen LogP contribution in [0.1, 0.15) is 13.3 Å². The van der Waals surface area contributed by atoms with Gasteiger partial charge < -0.3 is 4.74 Å². The van der Waals surface area contributed by atoms with E-state index in [9.17, 15) is 8.78 Å². The number of rotatable bonds is 4. The first-order chi connectivity index (χ1) is 6.69. The van der Waals surface area contributed by atoms with Gasteiger partial charge >= 0.3 is 0 Å². The van der Waals surface area contributed by atoms with Gasteiger partial charge in [0.2, 0.25) is 0 Å². The van der Waals surface area contributed by atoms with Gasteiger partial charge in [-0.3, -0.25) is 0 Å². The molecule has 0 aliphatic rings. The second kappa shape index (κ2) is 5.20. The number of ether oxygens (including phenoxy) is 1. The second-order valence-corrected chi connectivity index (χ2v) is 3.62. The Kier molecular flexibility index (Phi) is 4.20. The Balaban J connectivity index is 2.99. The molecule has 0 N–H and O–H groups in total. The third-order valence-corrected chi connectivity index (χ3v) is 2.39. The van der Waals surface area contributed by atoms with E-state index in [0.29, 0.717) is 11.5 Å². The van der Waals surface area contributed by atoms with Gasteiger partial charge in [-0.25, -0.2) is 8.78 Å². The van der Waals surface area contributed by atoms with Crippen LogP contribution < -0.4 is 4.74 Å². The van der Waals surface area contributed by atoms with E-state index in [0.717, 1.165) is 12.5 Å². The number of hydrogen-bond acceptors (Lipinski definition) is 2. The minimum atomic E-state index is -0.636. The first-order valence-electron chi connectivity index (χ1n) is 4.34. The predicted molar refractivity (Wildman–Crippen MR) is 53.9 cm³/mol. The zero-order valence-electron chi connectivity index (χ0n) is 8.14. The van der Waals surface area contributed by atoms with Gasteiger partial charge in [0.05, 0.1) is 11.5 Å². The van der Waals surface area contributed by atoms with E-state index in [1.807, 2.05) is 6.92 Å². The molecule has 4 heteroatoms. The van der Waals surface area contributed by atoms with Gasteiger partial charge in [-0.05, 0) is 18.7 Å². The van der Waals surface area contributed by atoms with Crippen LogP contribution in [0.2, 0.25) is 0 Å². The minimum Gasteiger partial charge on any atom is -0.489 e. The lowest BCUT2D eigenvalue weighted by Gasteiger charge is -2.10. The van der Waals surface area contributed by atoms with E-state index in [-0.39, 0.29) is 5.75 Å². The van der Waals surface area contributed by atoms with Gasteiger partial charge in [0.1, 0.15) is 5.82 Å². The maximum Gasteiger partial charge on any atom is 0.169 e. The van der Waals surface area contributed by atoms with Crippen molar-refractivity contribution in [2.45, 2.75) is 18.2 Å². The Morgan fingerprint density at radius 1 is 1.36 bits per heavy atom. The fraction of sp³-hybridized carbons (Fsp3) is 0.400. The molecule has 0 spiro atoms. The van der Waals surface area contributed by atoms with Crippen molar-refractivity contribution in [2.24, 2.45) is 0 Å². The normalized spacial score (nSPS) is 10.3. The summed E-state index contributed by atoms with van der Waals surface area (Å²) < 4.78 is 31.3. The Morgan fingerprint density at radius 2 is 2.07 bits per heavy atom. The van der Waals surface area contributed by atoms with Crippen LogP contribution in [0, 0.1) is 11.6 Å². The molecular weight excluding hydrogens is 206 g/mol. The van der Waals surface area contributed by atoms with Crippen molar-refractivity contribution >= 4 is 11.8 Å². The molecule has 0 aliphatic heterocycles. The van der Waals surface area contributed by atoms with E-state index in [4.69, 9.17) is 4.74 Å². The van der Waals surface area contributed by atoms with Crippen LogP contribution in [-0.4, -0.2) is 12.9 Å². The number of halogens is 2. The summed E-state index contributed by atoms with van der Waals surface area (Å²) in [5, 5.41) is 0. The smallest absolute Gasteiger partial charge is 0.169 e. The monoisotopic (exact) mass is 218 g/mol. The molecule has 0 saturated carbocycles. The molecule has 14 heavy (non-hydrogen) atoms. The molecule has 0 heterocycles.